The molecule has 0 spiro atoms. The Bertz CT molecular complexity index is 534. The summed E-state index contributed by atoms with van der Waals surface area (Å²) in [5, 5.41) is 8.43. The zero-order valence-corrected chi connectivity index (χ0v) is 10.2. The Morgan fingerprint density at radius 3 is 2.25 bits per heavy atom. The highest BCUT2D eigenvalue weighted by Crippen LogP contribution is 2.40. The molecule has 3 nitrogen and oxygen atoms in total. The van der Waals surface area contributed by atoms with E-state index in [1.807, 2.05) is 0 Å². The van der Waals surface area contributed by atoms with Gasteiger partial charge in [-0.2, -0.15) is 18.4 Å². The minimum Gasteiger partial charge on any atom is -0.404 e. The Balaban J connectivity index is 3.49. The fourth-order valence-electron chi connectivity index (χ4n) is 1.47. The van der Waals surface area contributed by atoms with Gasteiger partial charge in [-0.3, -0.25) is 4.98 Å². The molecule has 0 atom stereocenters. The van der Waals surface area contributed by atoms with Gasteiger partial charge in [0.25, 0.3) is 0 Å². The molecule has 0 unspecified atom stereocenters. The average Bonchev–Trinajstić information content (AvgIpc) is 2.27. The van der Waals surface area contributed by atoms with E-state index in [0.717, 1.165) is 0 Å². The lowest BCUT2D eigenvalue weighted by atomic mass is 10.0. The number of nitriles is 1. The molecule has 0 saturated heterocycles. The molecule has 0 radical (unpaired) electrons. The summed E-state index contributed by atoms with van der Waals surface area (Å²) in [6, 6.07) is 1.45. The number of pyridine rings is 1. The standard InChI is InChI=1S/C10H5ClF6N2O/c11-3-5-7(20-10(15,16)17)4-19-6(1-2-18)8(5)9(12,13)14/h4H,1,3H2. The number of halogens is 7. The molecule has 110 valence electrons. The van der Waals surface area contributed by atoms with Crippen LogP contribution in [0.2, 0.25) is 0 Å². The van der Waals surface area contributed by atoms with Crippen LogP contribution in [0.3, 0.4) is 0 Å². The Morgan fingerprint density at radius 1 is 1.25 bits per heavy atom. The highest BCUT2D eigenvalue weighted by molar-refractivity contribution is 6.17. The second kappa shape index (κ2) is 5.75. The molecule has 1 aromatic rings. The first-order chi connectivity index (χ1) is 9.10. The van der Waals surface area contributed by atoms with Crippen LogP contribution in [0.15, 0.2) is 6.20 Å². The van der Waals surface area contributed by atoms with Gasteiger partial charge in [-0.1, -0.05) is 0 Å². The maximum absolute atomic E-state index is 12.9. The van der Waals surface area contributed by atoms with Crippen LogP contribution >= 0.6 is 11.6 Å². The van der Waals surface area contributed by atoms with E-state index >= 15 is 0 Å². The minimum absolute atomic E-state index is 0.465. The molecule has 0 saturated carbocycles. The third-order valence-electron chi connectivity index (χ3n) is 2.11. The predicted octanol–water partition coefficient (Wildman–Crippen LogP) is 3.80. The van der Waals surface area contributed by atoms with Crippen molar-refractivity contribution in [1.82, 2.24) is 4.98 Å². The van der Waals surface area contributed by atoms with Crippen molar-refractivity contribution in [2.24, 2.45) is 0 Å². The molecule has 1 rings (SSSR count). The van der Waals surface area contributed by atoms with Crippen LogP contribution in [-0.4, -0.2) is 11.3 Å². The molecule has 0 aliphatic carbocycles. The Labute approximate surface area is 113 Å². The molecule has 0 fully saturated rings. The molecule has 0 aliphatic rings. The highest BCUT2D eigenvalue weighted by Gasteiger charge is 2.40. The quantitative estimate of drug-likeness (QED) is 0.629. The topological polar surface area (TPSA) is 45.9 Å². The van der Waals surface area contributed by atoms with Gasteiger partial charge in [0, 0.05) is 5.56 Å². The van der Waals surface area contributed by atoms with Crippen LogP contribution in [0.5, 0.6) is 5.75 Å². The number of ether oxygens (including phenoxy) is 1. The van der Waals surface area contributed by atoms with Crippen molar-refractivity contribution in [3.8, 4) is 11.8 Å². The van der Waals surface area contributed by atoms with E-state index in [9.17, 15) is 26.3 Å². The SMILES string of the molecule is N#CCc1ncc(OC(F)(F)F)c(CCl)c1C(F)(F)F. The van der Waals surface area contributed by atoms with Gasteiger partial charge in [-0.15, -0.1) is 24.8 Å². The van der Waals surface area contributed by atoms with E-state index < -0.39 is 47.4 Å². The van der Waals surface area contributed by atoms with E-state index in [1.165, 1.54) is 6.07 Å². The third-order valence-corrected chi connectivity index (χ3v) is 2.38. The van der Waals surface area contributed by atoms with Gasteiger partial charge < -0.3 is 4.74 Å². The summed E-state index contributed by atoms with van der Waals surface area (Å²) in [4.78, 5) is 3.20. The van der Waals surface area contributed by atoms with Gasteiger partial charge in [0.15, 0.2) is 5.75 Å². The smallest absolute Gasteiger partial charge is 0.404 e. The molecule has 0 aromatic carbocycles. The zero-order valence-electron chi connectivity index (χ0n) is 9.44. The molecule has 0 amide bonds. The van der Waals surface area contributed by atoms with Crippen LogP contribution < -0.4 is 4.74 Å². The maximum atomic E-state index is 12.9. The number of nitrogens with zero attached hydrogens (tertiary/aromatic N) is 2. The number of alkyl halides is 7. The fraction of sp³-hybridized carbons (Fsp3) is 0.400. The fourth-order valence-corrected chi connectivity index (χ4v) is 1.73. The van der Waals surface area contributed by atoms with Crippen LogP contribution in [0.4, 0.5) is 26.3 Å². The molecule has 20 heavy (non-hydrogen) atoms. The second-order valence-electron chi connectivity index (χ2n) is 3.44. The number of hydrogen-bond acceptors (Lipinski definition) is 3. The zero-order chi connectivity index (χ0) is 15.6. The van der Waals surface area contributed by atoms with Crippen molar-refractivity contribution < 1.29 is 31.1 Å². The van der Waals surface area contributed by atoms with Crippen molar-refractivity contribution in [1.29, 1.82) is 5.26 Å². The van der Waals surface area contributed by atoms with Crippen molar-refractivity contribution in [3.63, 3.8) is 0 Å². The van der Waals surface area contributed by atoms with Crippen molar-refractivity contribution in [3.05, 3.63) is 23.0 Å². The normalized spacial score (nSPS) is 12.1. The molecule has 10 heteroatoms. The Morgan fingerprint density at radius 2 is 1.85 bits per heavy atom. The number of rotatable bonds is 3. The average molecular weight is 319 g/mol. The molecular formula is C10H5ClF6N2O. The molecule has 1 aromatic heterocycles. The van der Waals surface area contributed by atoms with Crippen LogP contribution in [0.1, 0.15) is 16.8 Å². The van der Waals surface area contributed by atoms with E-state index in [0.29, 0.717) is 6.20 Å². The lowest BCUT2D eigenvalue weighted by molar-refractivity contribution is -0.275. The van der Waals surface area contributed by atoms with Gasteiger partial charge in [0.1, 0.15) is 0 Å². The van der Waals surface area contributed by atoms with Crippen molar-refractivity contribution in [2.45, 2.75) is 24.8 Å². The summed E-state index contributed by atoms with van der Waals surface area (Å²) in [7, 11) is 0. The summed E-state index contributed by atoms with van der Waals surface area (Å²) >= 11 is 5.29. The van der Waals surface area contributed by atoms with Crippen molar-refractivity contribution in [2.75, 3.05) is 0 Å². The first kappa shape index (κ1) is 16.4. The molecule has 0 N–H and O–H groups in total. The molecule has 1 heterocycles. The Hall–Kier alpha value is -1.69. The maximum Gasteiger partial charge on any atom is 0.573 e. The van der Waals surface area contributed by atoms with Crippen molar-refractivity contribution >= 4 is 11.6 Å². The van der Waals surface area contributed by atoms with E-state index in [2.05, 4.69) is 9.72 Å². The second-order valence-corrected chi connectivity index (χ2v) is 3.70. The highest BCUT2D eigenvalue weighted by atomic mass is 35.5. The summed E-state index contributed by atoms with van der Waals surface area (Å²) in [5.41, 5.74) is -3.09. The van der Waals surface area contributed by atoms with E-state index in [-0.39, 0.29) is 0 Å². The van der Waals surface area contributed by atoms with Gasteiger partial charge >= 0.3 is 12.5 Å². The third kappa shape index (κ3) is 3.90. The minimum atomic E-state index is -5.18. The summed E-state index contributed by atoms with van der Waals surface area (Å²) in [6.07, 6.45) is -10.4. The number of aromatic nitrogens is 1. The Kier molecular flexibility index (Phi) is 4.70. The van der Waals surface area contributed by atoms with Gasteiger partial charge in [-0.05, 0) is 0 Å². The molecule has 0 bridgehead atoms. The predicted molar refractivity (Wildman–Crippen MR) is 54.8 cm³/mol. The summed E-state index contributed by atoms with van der Waals surface area (Å²) < 4.78 is 78.4. The lowest BCUT2D eigenvalue weighted by Crippen LogP contribution is -2.21. The van der Waals surface area contributed by atoms with Gasteiger partial charge in [0.05, 0.1) is 35.8 Å². The van der Waals surface area contributed by atoms with Gasteiger partial charge in [-0.25, -0.2) is 0 Å². The summed E-state index contributed by atoms with van der Waals surface area (Å²) in [6.45, 7) is 0. The van der Waals surface area contributed by atoms with E-state index in [4.69, 9.17) is 16.9 Å². The van der Waals surface area contributed by atoms with Gasteiger partial charge in [0.2, 0.25) is 0 Å². The monoisotopic (exact) mass is 318 g/mol. The first-order valence-electron chi connectivity index (χ1n) is 4.86. The summed E-state index contributed by atoms with van der Waals surface area (Å²) in [5.74, 6) is -2.01. The number of hydrogen-bond donors (Lipinski definition) is 0. The lowest BCUT2D eigenvalue weighted by Gasteiger charge is -2.18. The van der Waals surface area contributed by atoms with Crippen LogP contribution in [0.25, 0.3) is 0 Å². The first-order valence-corrected chi connectivity index (χ1v) is 5.40. The molecular weight excluding hydrogens is 314 g/mol. The van der Waals surface area contributed by atoms with Crippen LogP contribution in [0, 0.1) is 11.3 Å². The van der Waals surface area contributed by atoms with E-state index in [1.54, 1.807) is 0 Å². The largest absolute Gasteiger partial charge is 0.573 e. The van der Waals surface area contributed by atoms with Crippen LogP contribution in [-0.2, 0) is 18.5 Å². The molecule has 0 aliphatic heterocycles.